The smallest absolute Gasteiger partial charge is 0.255 e. The van der Waals surface area contributed by atoms with Gasteiger partial charge in [-0.2, -0.15) is 18.4 Å². The monoisotopic (exact) mass is 301 g/mol. The van der Waals surface area contributed by atoms with E-state index < -0.39 is 34.1 Å². The number of alkyl halides is 6. The normalized spacial score (nSPS) is 15.6. The van der Waals surface area contributed by atoms with E-state index in [1.807, 2.05) is 0 Å². The van der Waals surface area contributed by atoms with Crippen LogP contribution in [0.5, 0.6) is 0 Å². The van der Waals surface area contributed by atoms with Crippen LogP contribution in [0.25, 0.3) is 0 Å². The van der Waals surface area contributed by atoms with Gasteiger partial charge in [0.05, 0.1) is 0 Å². The molecule has 0 N–H and O–H groups in total. The number of nitriles is 1. The number of nitrogens with zero attached hydrogens (tertiary/aromatic N) is 1. The Hall–Kier alpha value is -1.40. The van der Waals surface area contributed by atoms with Gasteiger partial charge in [0, 0.05) is 17.3 Å². The van der Waals surface area contributed by atoms with Crippen LogP contribution in [0.15, 0.2) is 30.3 Å². The second-order valence-electron chi connectivity index (χ2n) is 3.19. The third kappa shape index (κ3) is 4.65. The van der Waals surface area contributed by atoms with Gasteiger partial charge >= 0.3 is 11.9 Å². The van der Waals surface area contributed by atoms with E-state index in [0.717, 1.165) is 18.2 Å². The maximum Gasteiger partial charge on any atom is 0.524 e. The highest BCUT2D eigenvalue weighted by molar-refractivity contribution is 8.01. The van der Waals surface area contributed by atoms with E-state index in [1.165, 1.54) is 18.2 Å². The maximum absolute atomic E-state index is 12.4. The van der Waals surface area contributed by atoms with E-state index in [0.29, 0.717) is 0 Å². The Balaban J connectivity index is 3.27. The molecule has 0 bridgehead atoms. The molecular formula is C10H5F6NOS. The Bertz CT molecular complexity index is 448. The first-order valence-electron chi connectivity index (χ1n) is 4.58. The fraction of sp³-hybridized carbons (Fsp3) is 0.300. The highest BCUT2D eigenvalue weighted by atomic mass is 32.2. The summed E-state index contributed by atoms with van der Waals surface area (Å²) in [5.41, 5.74) is -5.62. The highest BCUT2D eigenvalue weighted by Gasteiger charge is 2.52. The van der Waals surface area contributed by atoms with E-state index >= 15 is 0 Å². The summed E-state index contributed by atoms with van der Waals surface area (Å²) in [6, 6.07) is 6.65. The fourth-order valence-corrected chi connectivity index (χ4v) is 1.99. The van der Waals surface area contributed by atoms with Crippen molar-refractivity contribution in [1.29, 1.82) is 5.26 Å². The van der Waals surface area contributed by atoms with Crippen LogP contribution in [-0.2, 0) is 9.67 Å². The molecule has 0 fully saturated rings. The lowest BCUT2D eigenvalue weighted by Gasteiger charge is -2.27. The van der Waals surface area contributed by atoms with Crippen molar-refractivity contribution in [3.63, 3.8) is 0 Å². The van der Waals surface area contributed by atoms with Gasteiger partial charge < -0.3 is 0 Å². The van der Waals surface area contributed by atoms with Crippen molar-refractivity contribution in [2.45, 2.75) is 16.8 Å². The Morgan fingerprint density at radius 1 is 1.00 bits per heavy atom. The Labute approximate surface area is 108 Å². The molecule has 104 valence electrons. The van der Waals surface area contributed by atoms with Crippen LogP contribution in [0.3, 0.4) is 0 Å². The molecule has 0 saturated heterocycles. The average Bonchev–Trinajstić information content (AvgIpc) is 2.25. The third-order valence-corrected chi connectivity index (χ3v) is 2.75. The second kappa shape index (κ2) is 5.30. The summed E-state index contributed by atoms with van der Waals surface area (Å²) in [6.07, 6.45) is -5.39. The van der Waals surface area contributed by atoms with Crippen molar-refractivity contribution in [2.75, 3.05) is 0 Å². The average molecular weight is 301 g/mol. The van der Waals surface area contributed by atoms with Crippen molar-refractivity contribution >= 4 is 11.8 Å². The molecule has 9 heteroatoms. The van der Waals surface area contributed by atoms with Crippen LogP contribution in [0.2, 0.25) is 0 Å². The van der Waals surface area contributed by atoms with Crippen molar-refractivity contribution in [3.05, 3.63) is 35.9 Å². The summed E-state index contributed by atoms with van der Waals surface area (Å²) in [4.78, 5) is -3.22. The summed E-state index contributed by atoms with van der Waals surface area (Å²) in [6.45, 7) is 0. The number of hydrogen-bond donors (Lipinski definition) is 0. The van der Waals surface area contributed by atoms with Crippen LogP contribution in [0.1, 0.15) is 5.56 Å². The van der Waals surface area contributed by atoms with Gasteiger partial charge in [0.2, 0.25) is 4.93 Å². The number of rotatable bonds is 3. The summed E-state index contributed by atoms with van der Waals surface area (Å²) in [5.74, 6) is 0. The van der Waals surface area contributed by atoms with Crippen LogP contribution in [0.4, 0.5) is 26.3 Å². The minimum absolute atomic E-state index is 0.544. The number of thioether (sulfide) groups is 1. The molecule has 0 spiro atoms. The Morgan fingerprint density at radius 2 is 1.53 bits per heavy atom. The standard InChI is InChI=1S/C10H5F6NOS/c11-9(12,13)18-8(6-17,19-10(14,15)16)7-4-2-1-3-5-7/h1-5H. The SMILES string of the molecule is N#CC(OC(F)(F)F)(SC(F)(F)F)c1ccccc1. The summed E-state index contributed by atoms with van der Waals surface area (Å²) < 4.78 is 77.2. The molecular weight excluding hydrogens is 296 g/mol. The van der Waals surface area contributed by atoms with Crippen molar-refractivity contribution in [1.82, 2.24) is 0 Å². The molecule has 0 saturated carbocycles. The quantitative estimate of drug-likeness (QED) is 0.621. The summed E-state index contributed by atoms with van der Waals surface area (Å²) in [5, 5.41) is 8.76. The maximum atomic E-state index is 12.4. The van der Waals surface area contributed by atoms with E-state index in [1.54, 1.807) is 0 Å². The molecule has 0 amide bonds. The van der Waals surface area contributed by atoms with Gasteiger partial charge in [-0.05, 0) is 0 Å². The van der Waals surface area contributed by atoms with Crippen LogP contribution in [0, 0.1) is 11.3 Å². The first-order valence-corrected chi connectivity index (χ1v) is 5.40. The molecule has 1 aromatic rings. The lowest BCUT2D eigenvalue weighted by atomic mass is 10.1. The molecule has 1 rings (SSSR count). The largest absolute Gasteiger partial charge is 0.524 e. The molecule has 19 heavy (non-hydrogen) atoms. The van der Waals surface area contributed by atoms with E-state index in [4.69, 9.17) is 5.26 Å². The Kier molecular flexibility index (Phi) is 4.37. The Morgan fingerprint density at radius 3 is 1.89 bits per heavy atom. The first-order chi connectivity index (χ1) is 8.58. The number of halogens is 6. The molecule has 0 aromatic heterocycles. The highest BCUT2D eigenvalue weighted by Crippen LogP contribution is 2.49. The zero-order chi connectivity index (χ0) is 14.7. The molecule has 0 aliphatic carbocycles. The molecule has 2 nitrogen and oxygen atoms in total. The number of benzene rings is 1. The summed E-state index contributed by atoms with van der Waals surface area (Å²) in [7, 11) is 0. The number of hydrogen-bond acceptors (Lipinski definition) is 3. The van der Waals surface area contributed by atoms with Crippen LogP contribution in [-0.4, -0.2) is 11.9 Å². The molecule has 1 unspecified atom stereocenters. The summed E-state index contributed by atoms with van der Waals surface area (Å²) >= 11 is -1.17. The first kappa shape index (κ1) is 15.7. The van der Waals surface area contributed by atoms with Gasteiger partial charge in [0.25, 0.3) is 0 Å². The van der Waals surface area contributed by atoms with E-state index in [-0.39, 0.29) is 0 Å². The van der Waals surface area contributed by atoms with Crippen molar-refractivity contribution in [2.24, 2.45) is 0 Å². The van der Waals surface area contributed by atoms with Crippen LogP contribution >= 0.6 is 11.8 Å². The van der Waals surface area contributed by atoms with Crippen molar-refractivity contribution < 1.29 is 31.1 Å². The minimum atomic E-state index is -5.39. The third-order valence-electron chi connectivity index (χ3n) is 1.82. The second-order valence-corrected chi connectivity index (χ2v) is 4.43. The van der Waals surface area contributed by atoms with Crippen molar-refractivity contribution in [3.8, 4) is 6.07 Å². The lowest BCUT2D eigenvalue weighted by Crippen LogP contribution is -2.34. The fourth-order valence-electron chi connectivity index (χ4n) is 1.23. The number of ether oxygens (including phenoxy) is 1. The van der Waals surface area contributed by atoms with Gasteiger partial charge in [-0.25, -0.2) is 0 Å². The van der Waals surface area contributed by atoms with E-state index in [9.17, 15) is 26.3 Å². The van der Waals surface area contributed by atoms with E-state index in [2.05, 4.69) is 4.74 Å². The lowest BCUT2D eigenvalue weighted by molar-refractivity contribution is -0.344. The molecule has 0 aliphatic rings. The zero-order valence-electron chi connectivity index (χ0n) is 8.92. The topological polar surface area (TPSA) is 33.0 Å². The van der Waals surface area contributed by atoms with Gasteiger partial charge in [0.15, 0.2) is 0 Å². The van der Waals surface area contributed by atoms with Gasteiger partial charge in [-0.15, -0.1) is 13.2 Å². The predicted octanol–water partition coefficient (Wildman–Crippen LogP) is 4.15. The van der Waals surface area contributed by atoms with Gasteiger partial charge in [-0.1, -0.05) is 30.3 Å². The van der Waals surface area contributed by atoms with Gasteiger partial charge in [0.1, 0.15) is 6.07 Å². The molecule has 1 aromatic carbocycles. The zero-order valence-corrected chi connectivity index (χ0v) is 9.73. The van der Waals surface area contributed by atoms with Gasteiger partial charge in [-0.3, -0.25) is 4.74 Å². The molecule has 0 heterocycles. The molecule has 0 aliphatic heterocycles. The molecule has 0 radical (unpaired) electrons. The minimum Gasteiger partial charge on any atom is -0.255 e. The molecule has 1 atom stereocenters. The van der Waals surface area contributed by atoms with Crippen LogP contribution < -0.4 is 0 Å². The predicted molar refractivity (Wildman–Crippen MR) is 54.5 cm³/mol.